The molecule has 1 N–H and O–H groups in total. The molecule has 0 radical (unpaired) electrons. The first-order valence-corrected chi connectivity index (χ1v) is 7.00. The Morgan fingerprint density at radius 3 is 2.74 bits per heavy atom. The minimum Gasteiger partial charge on any atom is -0.366 e. The van der Waals surface area contributed by atoms with Gasteiger partial charge in [-0.25, -0.2) is 0 Å². The van der Waals surface area contributed by atoms with Gasteiger partial charge in [0.25, 0.3) is 0 Å². The number of carbonyl (C=O) groups is 1. The summed E-state index contributed by atoms with van der Waals surface area (Å²) < 4.78 is 5.50. The molecule has 0 fully saturated rings. The zero-order valence-corrected chi connectivity index (χ0v) is 12.1. The van der Waals surface area contributed by atoms with E-state index in [1.54, 1.807) is 0 Å². The SMILES string of the molecule is CC(C)(C)OCC(=O)Nc1cccc2c1CCCC2. The largest absolute Gasteiger partial charge is 0.366 e. The number of fused-ring (bicyclic) bond motifs is 1. The van der Waals surface area contributed by atoms with Crippen LogP contribution in [-0.2, 0) is 22.4 Å². The van der Waals surface area contributed by atoms with Crippen LogP contribution in [-0.4, -0.2) is 18.1 Å². The third-order valence-electron chi connectivity index (χ3n) is 3.31. The molecular weight excluding hydrogens is 238 g/mol. The lowest BCUT2D eigenvalue weighted by Crippen LogP contribution is -2.27. The van der Waals surface area contributed by atoms with Gasteiger partial charge in [0.15, 0.2) is 0 Å². The molecule has 0 heterocycles. The predicted octanol–water partition coefficient (Wildman–Crippen LogP) is 3.32. The zero-order valence-electron chi connectivity index (χ0n) is 12.1. The van der Waals surface area contributed by atoms with Crippen LogP contribution < -0.4 is 5.32 Å². The summed E-state index contributed by atoms with van der Waals surface area (Å²) in [5, 5.41) is 2.98. The highest BCUT2D eigenvalue weighted by molar-refractivity contribution is 5.92. The second-order valence-electron chi connectivity index (χ2n) is 6.10. The first-order chi connectivity index (χ1) is 8.96. The quantitative estimate of drug-likeness (QED) is 0.906. The molecule has 2 rings (SSSR count). The molecule has 1 aromatic rings. The van der Waals surface area contributed by atoms with Gasteiger partial charge in [0.2, 0.25) is 5.91 Å². The second kappa shape index (κ2) is 5.74. The van der Waals surface area contributed by atoms with E-state index in [2.05, 4.69) is 11.4 Å². The number of hydrogen-bond donors (Lipinski definition) is 1. The van der Waals surface area contributed by atoms with Crippen LogP contribution in [0.3, 0.4) is 0 Å². The van der Waals surface area contributed by atoms with Crippen LogP contribution in [0.1, 0.15) is 44.7 Å². The van der Waals surface area contributed by atoms with Crippen LogP contribution in [0.5, 0.6) is 0 Å². The van der Waals surface area contributed by atoms with E-state index in [0.29, 0.717) is 0 Å². The van der Waals surface area contributed by atoms with Gasteiger partial charge in [-0.05, 0) is 63.6 Å². The average Bonchev–Trinajstić information content (AvgIpc) is 2.36. The molecule has 0 aliphatic heterocycles. The summed E-state index contributed by atoms with van der Waals surface area (Å²) >= 11 is 0. The summed E-state index contributed by atoms with van der Waals surface area (Å²) in [6.45, 7) is 5.95. The number of benzene rings is 1. The van der Waals surface area contributed by atoms with Crippen molar-refractivity contribution in [2.24, 2.45) is 0 Å². The van der Waals surface area contributed by atoms with Gasteiger partial charge in [0.05, 0.1) is 5.60 Å². The standard InChI is InChI=1S/C16H23NO2/c1-16(2,3)19-11-15(18)17-14-10-6-8-12-7-4-5-9-13(12)14/h6,8,10H,4-5,7,9,11H2,1-3H3,(H,17,18). The predicted molar refractivity (Wildman–Crippen MR) is 77.4 cm³/mol. The Morgan fingerprint density at radius 2 is 2.00 bits per heavy atom. The molecule has 0 saturated carbocycles. The molecule has 1 aliphatic carbocycles. The topological polar surface area (TPSA) is 38.3 Å². The van der Waals surface area contributed by atoms with Crippen LogP contribution in [0.4, 0.5) is 5.69 Å². The van der Waals surface area contributed by atoms with Gasteiger partial charge in [-0.2, -0.15) is 0 Å². The Kier molecular flexibility index (Phi) is 4.25. The van der Waals surface area contributed by atoms with Crippen LogP contribution >= 0.6 is 0 Å². The highest BCUT2D eigenvalue weighted by Gasteiger charge is 2.16. The van der Waals surface area contributed by atoms with Gasteiger partial charge >= 0.3 is 0 Å². The van der Waals surface area contributed by atoms with E-state index in [0.717, 1.165) is 18.5 Å². The fourth-order valence-electron chi connectivity index (χ4n) is 2.37. The third-order valence-corrected chi connectivity index (χ3v) is 3.31. The molecular formula is C16H23NO2. The molecule has 0 bridgehead atoms. The number of hydrogen-bond acceptors (Lipinski definition) is 2. The molecule has 0 atom stereocenters. The van der Waals surface area contributed by atoms with Crippen molar-refractivity contribution >= 4 is 11.6 Å². The van der Waals surface area contributed by atoms with Gasteiger partial charge in [-0.15, -0.1) is 0 Å². The fraction of sp³-hybridized carbons (Fsp3) is 0.562. The van der Waals surface area contributed by atoms with Crippen molar-refractivity contribution in [3.05, 3.63) is 29.3 Å². The van der Waals surface area contributed by atoms with E-state index in [9.17, 15) is 4.79 Å². The molecule has 0 saturated heterocycles. The normalized spacial score (nSPS) is 14.9. The number of aryl methyl sites for hydroxylation is 1. The van der Waals surface area contributed by atoms with Gasteiger partial charge in [-0.3, -0.25) is 4.79 Å². The summed E-state index contributed by atoms with van der Waals surface area (Å²) in [5.41, 5.74) is 3.35. The number of rotatable bonds is 3. The lowest BCUT2D eigenvalue weighted by Gasteiger charge is -2.21. The van der Waals surface area contributed by atoms with Crippen molar-refractivity contribution in [2.75, 3.05) is 11.9 Å². The van der Waals surface area contributed by atoms with Gasteiger partial charge in [0, 0.05) is 5.69 Å². The van der Waals surface area contributed by atoms with Crippen molar-refractivity contribution in [1.29, 1.82) is 0 Å². The van der Waals surface area contributed by atoms with E-state index >= 15 is 0 Å². The summed E-state index contributed by atoms with van der Waals surface area (Å²) in [6.07, 6.45) is 4.64. The second-order valence-corrected chi connectivity index (χ2v) is 6.10. The Morgan fingerprint density at radius 1 is 1.26 bits per heavy atom. The molecule has 0 unspecified atom stereocenters. The number of amides is 1. The number of ether oxygens (including phenoxy) is 1. The Balaban J connectivity index is 2.01. The van der Waals surface area contributed by atoms with Crippen molar-refractivity contribution in [3.8, 4) is 0 Å². The Bertz CT molecular complexity index is 460. The van der Waals surface area contributed by atoms with Crippen molar-refractivity contribution in [2.45, 2.75) is 52.1 Å². The molecule has 3 heteroatoms. The van der Waals surface area contributed by atoms with E-state index in [1.807, 2.05) is 32.9 Å². The van der Waals surface area contributed by atoms with E-state index in [-0.39, 0.29) is 18.1 Å². The third kappa shape index (κ3) is 4.06. The maximum atomic E-state index is 11.9. The van der Waals surface area contributed by atoms with E-state index < -0.39 is 0 Å². The molecule has 1 aromatic carbocycles. The van der Waals surface area contributed by atoms with Crippen molar-refractivity contribution in [3.63, 3.8) is 0 Å². The summed E-state index contributed by atoms with van der Waals surface area (Å²) in [5.74, 6) is -0.0751. The van der Waals surface area contributed by atoms with Gasteiger partial charge in [0.1, 0.15) is 6.61 Å². The zero-order chi connectivity index (χ0) is 13.9. The van der Waals surface area contributed by atoms with Crippen LogP contribution in [0.2, 0.25) is 0 Å². The minimum absolute atomic E-state index is 0.0751. The Labute approximate surface area is 115 Å². The van der Waals surface area contributed by atoms with Gasteiger partial charge in [-0.1, -0.05) is 12.1 Å². The molecule has 0 spiro atoms. The molecule has 104 valence electrons. The Hall–Kier alpha value is -1.35. The van der Waals surface area contributed by atoms with Crippen molar-refractivity contribution < 1.29 is 9.53 Å². The molecule has 19 heavy (non-hydrogen) atoms. The maximum absolute atomic E-state index is 11.9. The monoisotopic (exact) mass is 261 g/mol. The highest BCUT2D eigenvalue weighted by atomic mass is 16.5. The molecule has 1 aliphatic rings. The number of carbonyl (C=O) groups excluding carboxylic acids is 1. The molecule has 1 amide bonds. The first kappa shape index (κ1) is 14.1. The fourth-order valence-corrected chi connectivity index (χ4v) is 2.37. The van der Waals surface area contributed by atoms with Gasteiger partial charge < -0.3 is 10.1 Å². The minimum atomic E-state index is -0.284. The van der Waals surface area contributed by atoms with E-state index in [4.69, 9.17) is 4.74 Å². The van der Waals surface area contributed by atoms with Crippen LogP contribution in [0.15, 0.2) is 18.2 Å². The summed E-state index contributed by atoms with van der Waals surface area (Å²) in [6, 6.07) is 6.17. The lowest BCUT2D eigenvalue weighted by atomic mass is 9.90. The summed E-state index contributed by atoms with van der Waals surface area (Å²) in [4.78, 5) is 11.9. The number of anilines is 1. The lowest BCUT2D eigenvalue weighted by molar-refractivity contribution is -0.125. The molecule has 3 nitrogen and oxygen atoms in total. The maximum Gasteiger partial charge on any atom is 0.250 e. The first-order valence-electron chi connectivity index (χ1n) is 7.00. The highest BCUT2D eigenvalue weighted by Crippen LogP contribution is 2.27. The number of nitrogens with one attached hydrogen (secondary N) is 1. The smallest absolute Gasteiger partial charge is 0.250 e. The van der Waals surface area contributed by atoms with Crippen molar-refractivity contribution in [1.82, 2.24) is 0 Å². The van der Waals surface area contributed by atoms with Crippen LogP contribution in [0.25, 0.3) is 0 Å². The summed E-state index contributed by atoms with van der Waals surface area (Å²) in [7, 11) is 0. The molecule has 0 aromatic heterocycles. The van der Waals surface area contributed by atoms with E-state index in [1.165, 1.54) is 24.0 Å². The van der Waals surface area contributed by atoms with Crippen LogP contribution in [0, 0.1) is 0 Å². The average molecular weight is 261 g/mol.